The van der Waals surface area contributed by atoms with Gasteiger partial charge in [0.15, 0.2) is 23.0 Å². The second-order valence-corrected chi connectivity index (χ2v) is 5.22. The maximum Gasteiger partial charge on any atom is 0.416 e. The number of anilines is 1. The van der Waals surface area contributed by atoms with Gasteiger partial charge in [-0.25, -0.2) is 13.2 Å². The molecule has 1 N–H and O–H groups in total. The van der Waals surface area contributed by atoms with E-state index in [-0.39, 0.29) is 12.1 Å². The zero-order chi connectivity index (χ0) is 21.8. The normalized spacial score (nSPS) is 10.3. The van der Waals surface area contributed by atoms with Crippen molar-refractivity contribution in [1.29, 1.82) is 15.8 Å². The van der Waals surface area contributed by atoms with E-state index in [1.54, 1.807) is 0 Å². The fourth-order valence-corrected chi connectivity index (χ4v) is 2.02. The maximum atomic E-state index is 13.9. The number of nitrogens with zero attached hydrogens (tertiary/aromatic N) is 3. The molecule has 2 aromatic rings. The van der Waals surface area contributed by atoms with Crippen molar-refractivity contribution in [2.45, 2.75) is 6.18 Å². The summed E-state index contributed by atoms with van der Waals surface area (Å²) in [5.74, 6) is -5.84. The van der Waals surface area contributed by atoms with Crippen molar-refractivity contribution in [1.82, 2.24) is 0 Å². The Morgan fingerprint density at radius 1 is 0.862 bits per heavy atom. The summed E-state index contributed by atoms with van der Waals surface area (Å²) in [5, 5.41) is 28.7. The van der Waals surface area contributed by atoms with E-state index in [9.17, 15) is 26.3 Å². The molecule has 0 aliphatic heterocycles. The number of ether oxygens (including phenoxy) is 1. The van der Waals surface area contributed by atoms with Crippen molar-refractivity contribution in [3.05, 3.63) is 64.6 Å². The first-order valence-corrected chi connectivity index (χ1v) is 7.36. The van der Waals surface area contributed by atoms with Gasteiger partial charge in [0, 0.05) is 6.07 Å². The van der Waals surface area contributed by atoms with Crippen molar-refractivity contribution in [3.63, 3.8) is 0 Å². The highest BCUT2D eigenvalue weighted by molar-refractivity contribution is 5.60. The largest absolute Gasteiger partial charge is 0.451 e. The first kappa shape index (κ1) is 21.1. The first-order chi connectivity index (χ1) is 13.6. The molecule has 0 saturated carbocycles. The zero-order valence-corrected chi connectivity index (χ0v) is 13.9. The number of nitrogens with one attached hydrogen (secondary N) is 1. The molecular formula is C18H6F6N4O. The van der Waals surface area contributed by atoms with Crippen LogP contribution in [0, 0.1) is 51.4 Å². The summed E-state index contributed by atoms with van der Waals surface area (Å²) in [4.78, 5) is 0. The summed E-state index contributed by atoms with van der Waals surface area (Å²) in [6.07, 6.45) is -4.98. The molecule has 0 fully saturated rings. The molecule has 0 aliphatic carbocycles. The number of rotatable bonds is 4. The molecule has 0 amide bonds. The van der Waals surface area contributed by atoms with E-state index >= 15 is 0 Å². The Labute approximate surface area is 159 Å². The summed E-state index contributed by atoms with van der Waals surface area (Å²) in [7, 11) is 0. The van der Waals surface area contributed by atoms with Crippen LogP contribution in [0.3, 0.4) is 0 Å². The van der Waals surface area contributed by atoms with Gasteiger partial charge in [0.05, 0.1) is 11.3 Å². The lowest BCUT2D eigenvalue weighted by atomic mass is 10.2. The lowest BCUT2D eigenvalue weighted by Gasteiger charge is -2.13. The molecule has 2 rings (SSSR count). The van der Waals surface area contributed by atoms with E-state index in [1.165, 1.54) is 18.2 Å². The van der Waals surface area contributed by atoms with Crippen LogP contribution in [0.2, 0.25) is 0 Å². The number of hydrogen-bond donors (Lipinski definition) is 1. The Morgan fingerprint density at radius 3 is 1.93 bits per heavy atom. The predicted molar refractivity (Wildman–Crippen MR) is 85.3 cm³/mol. The van der Waals surface area contributed by atoms with Gasteiger partial charge < -0.3 is 10.1 Å². The van der Waals surface area contributed by atoms with Gasteiger partial charge in [-0.3, -0.25) is 0 Å². The van der Waals surface area contributed by atoms with Gasteiger partial charge in [0.1, 0.15) is 35.5 Å². The van der Waals surface area contributed by atoms with Crippen LogP contribution in [-0.2, 0) is 6.18 Å². The van der Waals surface area contributed by atoms with Crippen molar-refractivity contribution in [2.24, 2.45) is 0 Å². The fourth-order valence-electron chi connectivity index (χ4n) is 2.02. The van der Waals surface area contributed by atoms with Crippen LogP contribution in [0.15, 0.2) is 41.6 Å². The van der Waals surface area contributed by atoms with Crippen LogP contribution in [0.5, 0.6) is 11.5 Å². The number of benzene rings is 2. The van der Waals surface area contributed by atoms with E-state index in [0.717, 1.165) is 18.2 Å². The zero-order valence-electron chi connectivity index (χ0n) is 13.9. The molecule has 29 heavy (non-hydrogen) atoms. The molecule has 0 aromatic heterocycles. The van der Waals surface area contributed by atoms with Crippen molar-refractivity contribution < 1.29 is 31.1 Å². The molecule has 0 atom stereocenters. The van der Waals surface area contributed by atoms with Gasteiger partial charge in [-0.1, -0.05) is 0 Å². The summed E-state index contributed by atoms with van der Waals surface area (Å²) >= 11 is 0. The molecule has 0 aliphatic rings. The first-order valence-electron chi connectivity index (χ1n) is 7.36. The molecule has 2 aromatic carbocycles. The number of alkyl halides is 3. The van der Waals surface area contributed by atoms with Crippen LogP contribution in [0.1, 0.15) is 5.56 Å². The third kappa shape index (κ3) is 4.76. The third-order valence-corrected chi connectivity index (χ3v) is 3.33. The van der Waals surface area contributed by atoms with Gasteiger partial charge in [-0.15, -0.1) is 0 Å². The van der Waals surface area contributed by atoms with Crippen LogP contribution in [0.25, 0.3) is 0 Å². The minimum absolute atomic E-state index is 0.0315. The van der Waals surface area contributed by atoms with Crippen LogP contribution >= 0.6 is 0 Å². The smallest absolute Gasteiger partial charge is 0.416 e. The maximum absolute atomic E-state index is 13.9. The topological polar surface area (TPSA) is 92.6 Å². The second-order valence-electron chi connectivity index (χ2n) is 5.22. The molecule has 0 unspecified atom stereocenters. The molecule has 0 spiro atoms. The van der Waals surface area contributed by atoms with Crippen LogP contribution < -0.4 is 10.1 Å². The molecule has 5 nitrogen and oxygen atoms in total. The summed E-state index contributed by atoms with van der Waals surface area (Å²) in [6, 6.07) is 6.89. The van der Waals surface area contributed by atoms with Crippen molar-refractivity contribution in [2.75, 3.05) is 5.32 Å². The lowest BCUT2D eigenvalue weighted by Crippen LogP contribution is -2.07. The van der Waals surface area contributed by atoms with E-state index in [1.807, 2.05) is 0 Å². The van der Waals surface area contributed by atoms with Gasteiger partial charge in [0.2, 0.25) is 0 Å². The molecule has 0 heterocycles. The fraction of sp³-hybridized carbons (Fsp3) is 0.0556. The van der Waals surface area contributed by atoms with Crippen LogP contribution in [-0.4, -0.2) is 0 Å². The predicted octanol–water partition coefficient (Wildman–Crippen LogP) is 5.15. The SMILES string of the molecule is N#CC(C#N)=C(C#N)Nc1cc(Oc2c(F)cc(C(F)(F)F)cc2F)ccc1F. The molecule has 0 bridgehead atoms. The number of nitriles is 3. The van der Waals surface area contributed by atoms with E-state index in [2.05, 4.69) is 5.32 Å². The lowest BCUT2D eigenvalue weighted by molar-refractivity contribution is -0.138. The average molecular weight is 408 g/mol. The molecule has 0 radical (unpaired) electrons. The minimum atomic E-state index is -4.98. The highest BCUT2D eigenvalue weighted by atomic mass is 19.4. The minimum Gasteiger partial charge on any atom is -0.451 e. The van der Waals surface area contributed by atoms with E-state index < -0.39 is 57.6 Å². The average Bonchev–Trinajstić information content (AvgIpc) is 2.66. The van der Waals surface area contributed by atoms with Gasteiger partial charge in [-0.2, -0.15) is 29.0 Å². The highest BCUT2D eigenvalue weighted by Crippen LogP contribution is 2.36. The van der Waals surface area contributed by atoms with Crippen molar-refractivity contribution >= 4 is 5.69 Å². The molecule has 11 heteroatoms. The molecule has 146 valence electrons. The molecular weight excluding hydrogens is 402 g/mol. The summed E-state index contributed by atoms with van der Waals surface area (Å²) in [6.45, 7) is 0. The summed E-state index contributed by atoms with van der Waals surface area (Å²) in [5.41, 5.74) is -3.31. The Kier molecular flexibility index (Phi) is 6.00. The quantitative estimate of drug-likeness (QED) is 0.558. The Hall–Kier alpha value is -4.17. The Bertz CT molecular complexity index is 1080. The summed E-state index contributed by atoms with van der Waals surface area (Å²) < 4.78 is 84.3. The van der Waals surface area contributed by atoms with E-state index in [0.29, 0.717) is 0 Å². The number of hydrogen-bond acceptors (Lipinski definition) is 5. The van der Waals surface area contributed by atoms with Gasteiger partial charge in [0.25, 0.3) is 0 Å². The standard InChI is InChI=1S/C18H6F6N4O/c19-12-2-1-11(5-15(12)28-16(8-27)9(6-25)7-26)29-17-13(20)3-10(4-14(17)21)18(22,23)24/h1-5,28H. The van der Waals surface area contributed by atoms with E-state index in [4.69, 9.17) is 20.5 Å². The van der Waals surface area contributed by atoms with Crippen molar-refractivity contribution in [3.8, 4) is 29.7 Å². The second kappa shape index (κ2) is 8.24. The monoisotopic (exact) mass is 408 g/mol. The van der Waals surface area contributed by atoms with Crippen LogP contribution in [0.4, 0.5) is 32.0 Å². The van der Waals surface area contributed by atoms with Gasteiger partial charge >= 0.3 is 6.18 Å². The Balaban J connectivity index is 2.42. The number of allylic oxidation sites excluding steroid dienone is 2. The third-order valence-electron chi connectivity index (χ3n) is 3.33. The highest BCUT2D eigenvalue weighted by Gasteiger charge is 2.33. The van der Waals surface area contributed by atoms with Gasteiger partial charge in [-0.05, 0) is 24.3 Å². The molecule has 0 saturated heterocycles. The Morgan fingerprint density at radius 2 is 1.45 bits per heavy atom. The number of halogens is 6.